The molecule has 0 spiro atoms. The molecule has 1 saturated carbocycles. The maximum Gasteiger partial charge on any atom is 0.375 e. The van der Waals surface area contributed by atoms with E-state index in [0.29, 0.717) is 6.61 Å². The molecule has 0 amide bonds. The number of esters is 1. The van der Waals surface area contributed by atoms with Crippen molar-refractivity contribution >= 4 is 11.8 Å². The quantitative estimate of drug-likeness (QED) is 0.688. The molecule has 1 fully saturated rings. The molecule has 0 bridgehead atoms. The molecule has 1 heterocycles. The zero-order chi connectivity index (χ0) is 10.7. The number of rotatable bonds is 2. The predicted molar refractivity (Wildman–Crippen MR) is 54.3 cm³/mol. The van der Waals surface area contributed by atoms with E-state index in [2.05, 4.69) is 10.5 Å². The Hall–Kier alpha value is -1.10. The molecule has 2 atom stereocenters. The molecule has 1 aliphatic carbocycles. The Bertz CT molecular complexity index is 278. The molecule has 1 N–H and O–H groups in total. The third kappa shape index (κ3) is 2.28. The molecular weight excluding hydrogens is 196 g/mol. The second-order valence-electron chi connectivity index (χ2n) is 3.81. The molecule has 0 saturated heterocycles. The fourth-order valence-electron chi connectivity index (χ4n) is 1.98. The first-order chi connectivity index (χ1) is 7.31. The zero-order valence-electron chi connectivity index (χ0n) is 8.86. The monoisotopic (exact) mass is 212 g/mol. The molecule has 5 nitrogen and oxygen atoms in total. The summed E-state index contributed by atoms with van der Waals surface area (Å²) < 4.78 is 4.85. The first-order valence-electron chi connectivity index (χ1n) is 5.48. The molecule has 0 aromatic carbocycles. The van der Waals surface area contributed by atoms with E-state index in [1.54, 1.807) is 6.92 Å². The number of fused-ring (bicyclic) bond motifs is 1. The molecular formula is C10H16N2O3. The lowest BCUT2D eigenvalue weighted by atomic mass is 9.93. The van der Waals surface area contributed by atoms with Crippen LogP contribution in [0.4, 0.5) is 0 Å². The molecule has 1 aliphatic heterocycles. The molecule has 2 rings (SSSR count). The van der Waals surface area contributed by atoms with E-state index in [4.69, 9.17) is 9.57 Å². The van der Waals surface area contributed by atoms with E-state index >= 15 is 0 Å². The molecule has 15 heavy (non-hydrogen) atoms. The van der Waals surface area contributed by atoms with Crippen LogP contribution < -0.4 is 5.48 Å². The van der Waals surface area contributed by atoms with Gasteiger partial charge in [-0.05, 0) is 19.8 Å². The number of carbonyl (C=O) groups is 1. The molecule has 0 aromatic rings. The number of nitrogens with zero attached hydrogens (tertiary/aromatic N) is 1. The van der Waals surface area contributed by atoms with E-state index in [1.807, 2.05) is 0 Å². The van der Waals surface area contributed by atoms with Gasteiger partial charge < -0.3 is 4.74 Å². The molecule has 0 unspecified atom stereocenters. The Morgan fingerprint density at radius 1 is 1.60 bits per heavy atom. The van der Waals surface area contributed by atoms with E-state index < -0.39 is 5.97 Å². The Kier molecular flexibility index (Phi) is 3.20. The van der Waals surface area contributed by atoms with Crippen molar-refractivity contribution in [2.75, 3.05) is 6.61 Å². The van der Waals surface area contributed by atoms with Crippen LogP contribution in [0.2, 0.25) is 0 Å². The second-order valence-corrected chi connectivity index (χ2v) is 3.81. The van der Waals surface area contributed by atoms with Crippen LogP contribution >= 0.6 is 0 Å². The first-order valence-corrected chi connectivity index (χ1v) is 5.48. The second kappa shape index (κ2) is 4.61. The number of hydrogen-bond donors (Lipinski definition) is 1. The molecule has 84 valence electrons. The van der Waals surface area contributed by atoms with Crippen LogP contribution in [0.25, 0.3) is 0 Å². The van der Waals surface area contributed by atoms with Gasteiger partial charge in [0.05, 0.1) is 12.6 Å². The average Bonchev–Trinajstić information content (AvgIpc) is 2.29. The minimum absolute atomic E-state index is 0.122. The van der Waals surface area contributed by atoms with E-state index in [9.17, 15) is 4.79 Å². The van der Waals surface area contributed by atoms with Crippen molar-refractivity contribution in [3.05, 3.63) is 0 Å². The number of hydrogen-bond acceptors (Lipinski definition) is 5. The summed E-state index contributed by atoms with van der Waals surface area (Å²) in [5, 5.41) is 0. The molecule has 5 heteroatoms. The Morgan fingerprint density at radius 2 is 2.40 bits per heavy atom. The topological polar surface area (TPSA) is 59.9 Å². The van der Waals surface area contributed by atoms with Gasteiger partial charge in [0.2, 0.25) is 5.84 Å². The number of nitrogens with one attached hydrogen (secondary N) is 1. The number of aliphatic imine (C=N–C) groups is 1. The third-order valence-corrected chi connectivity index (χ3v) is 2.74. The van der Waals surface area contributed by atoms with Gasteiger partial charge in [-0.15, -0.1) is 0 Å². The summed E-state index contributed by atoms with van der Waals surface area (Å²) in [6, 6.07) is 0.124. The standard InChI is InChI=1S/C10H16N2O3/c1-2-14-10(13)9-11-7-5-3-4-6-8(7)15-12-9/h7-8H,2-6H2,1H3,(H,11,12)/t7-,8-/m1/s1. The summed E-state index contributed by atoms with van der Waals surface area (Å²) >= 11 is 0. The fourth-order valence-corrected chi connectivity index (χ4v) is 1.98. The summed E-state index contributed by atoms with van der Waals surface area (Å²) in [5.74, 6) is -0.221. The van der Waals surface area contributed by atoms with Crippen molar-refractivity contribution in [3.63, 3.8) is 0 Å². The highest BCUT2D eigenvalue weighted by Crippen LogP contribution is 2.25. The van der Waals surface area contributed by atoms with Crippen molar-refractivity contribution in [2.24, 2.45) is 4.99 Å². The van der Waals surface area contributed by atoms with Crippen molar-refractivity contribution in [2.45, 2.75) is 44.8 Å². The summed E-state index contributed by atoms with van der Waals surface area (Å²) in [5.41, 5.74) is 2.58. The van der Waals surface area contributed by atoms with Crippen molar-refractivity contribution < 1.29 is 14.4 Å². The molecule has 0 aromatic heterocycles. The van der Waals surface area contributed by atoms with Gasteiger partial charge in [-0.25, -0.2) is 10.3 Å². The Balaban J connectivity index is 2.02. The summed E-state index contributed by atoms with van der Waals surface area (Å²) in [7, 11) is 0. The summed E-state index contributed by atoms with van der Waals surface area (Å²) in [6.45, 7) is 2.12. The lowest BCUT2D eigenvalue weighted by molar-refractivity contribution is -0.137. The van der Waals surface area contributed by atoms with Gasteiger partial charge in [-0.3, -0.25) is 9.83 Å². The predicted octanol–water partition coefficient (Wildman–Crippen LogP) is 0.794. The van der Waals surface area contributed by atoms with Crippen molar-refractivity contribution in [1.29, 1.82) is 0 Å². The van der Waals surface area contributed by atoms with Gasteiger partial charge >= 0.3 is 5.97 Å². The molecule has 0 radical (unpaired) electrons. The van der Waals surface area contributed by atoms with Gasteiger partial charge in [0.1, 0.15) is 6.10 Å². The summed E-state index contributed by atoms with van der Waals surface area (Å²) in [6.07, 6.45) is 4.46. The van der Waals surface area contributed by atoms with Crippen molar-refractivity contribution in [3.8, 4) is 0 Å². The van der Waals surface area contributed by atoms with E-state index in [-0.39, 0.29) is 18.0 Å². The normalized spacial score (nSPS) is 29.8. The van der Waals surface area contributed by atoms with Gasteiger partial charge in [0, 0.05) is 0 Å². The SMILES string of the molecule is CCOC(=O)C1=N[C@@H]2CCCC[C@H]2ON1. The maximum atomic E-state index is 11.4. The zero-order valence-corrected chi connectivity index (χ0v) is 8.86. The lowest BCUT2D eigenvalue weighted by Gasteiger charge is -2.32. The maximum absolute atomic E-state index is 11.4. The van der Waals surface area contributed by atoms with Crippen LogP contribution in [0.1, 0.15) is 32.6 Å². The highest BCUT2D eigenvalue weighted by Gasteiger charge is 2.32. The van der Waals surface area contributed by atoms with E-state index in [0.717, 1.165) is 19.3 Å². The average molecular weight is 212 g/mol. The number of carbonyl (C=O) groups excluding carboxylic acids is 1. The van der Waals surface area contributed by atoms with E-state index in [1.165, 1.54) is 6.42 Å². The Morgan fingerprint density at radius 3 is 3.20 bits per heavy atom. The minimum Gasteiger partial charge on any atom is -0.460 e. The fraction of sp³-hybridized carbons (Fsp3) is 0.800. The number of ether oxygens (including phenoxy) is 1. The smallest absolute Gasteiger partial charge is 0.375 e. The Labute approximate surface area is 88.8 Å². The minimum atomic E-state index is -0.429. The highest BCUT2D eigenvalue weighted by molar-refractivity contribution is 6.35. The third-order valence-electron chi connectivity index (χ3n) is 2.74. The number of hydroxylamine groups is 1. The summed E-state index contributed by atoms with van der Waals surface area (Å²) in [4.78, 5) is 21.1. The van der Waals surface area contributed by atoms with Crippen LogP contribution in [0, 0.1) is 0 Å². The number of amidine groups is 1. The van der Waals surface area contributed by atoms with Crippen LogP contribution in [0.3, 0.4) is 0 Å². The lowest BCUT2D eigenvalue weighted by Crippen LogP contribution is -2.47. The van der Waals surface area contributed by atoms with Gasteiger partial charge in [-0.1, -0.05) is 12.8 Å². The van der Waals surface area contributed by atoms with Gasteiger partial charge in [-0.2, -0.15) is 0 Å². The van der Waals surface area contributed by atoms with Crippen LogP contribution in [0.5, 0.6) is 0 Å². The van der Waals surface area contributed by atoms with Crippen molar-refractivity contribution in [1.82, 2.24) is 5.48 Å². The largest absolute Gasteiger partial charge is 0.460 e. The van der Waals surface area contributed by atoms with Crippen LogP contribution in [-0.4, -0.2) is 30.6 Å². The van der Waals surface area contributed by atoms with Crippen LogP contribution in [0.15, 0.2) is 4.99 Å². The van der Waals surface area contributed by atoms with Crippen LogP contribution in [-0.2, 0) is 14.4 Å². The first kappa shape index (κ1) is 10.4. The van der Waals surface area contributed by atoms with Gasteiger partial charge in [0.15, 0.2) is 0 Å². The molecule has 2 aliphatic rings. The van der Waals surface area contributed by atoms with Gasteiger partial charge in [0.25, 0.3) is 0 Å². The highest BCUT2D eigenvalue weighted by atomic mass is 16.7.